The molecule has 1 fully saturated rings. The summed E-state index contributed by atoms with van der Waals surface area (Å²) in [6.45, 7) is 2.09. The molecular weight excluding hydrogens is 437 g/mol. The van der Waals surface area contributed by atoms with Crippen molar-refractivity contribution in [1.82, 2.24) is 20.6 Å². The van der Waals surface area contributed by atoms with Crippen LogP contribution in [0.15, 0.2) is 54.6 Å². The van der Waals surface area contributed by atoms with Gasteiger partial charge in [-0.1, -0.05) is 12.1 Å². The first-order valence-electron chi connectivity index (χ1n) is 10.9. The molecule has 0 saturated heterocycles. The molecule has 3 aromatic carbocycles. The van der Waals surface area contributed by atoms with Crippen molar-refractivity contribution in [2.24, 2.45) is 0 Å². The van der Waals surface area contributed by atoms with Gasteiger partial charge in [0.25, 0.3) is 0 Å². The van der Waals surface area contributed by atoms with E-state index in [-0.39, 0.29) is 19.9 Å². The number of fused-ring (bicyclic) bond motifs is 1. The number of aryl methyl sites for hydroxylation is 1. The van der Waals surface area contributed by atoms with Crippen LogP contribution in [0, 0.1) is 12.7 Å². The number of carbonyl (C=O) groups is 1. The van der Waals surface area contributed by atoms with Gasteiger partial charge in [0.1, 0.15) is 5.82 Å². The van der Waals surface area contributed by atoms with Crippen LogP contribution in [0.3, 0.4) is 0 Å². The van der Waals surface area contributed by atoms with E-state index in [1.807, 2.05) is 37.3 Å². The molecule has 0 bridgehead atoms. The fourth-order valence-corrected chi connectivity index (χ4v) is 4.36. The molecule has 0 atom stereocenters. The van der Waals surface area contributed by atoms with Gasteiger partial charge in [0, 0.05) is 18.2 Å². The van der Waals surface area contributed by atoms with Crippen molar-refractivity contribution < 1.29 is 20.1 Å². The lowest BCUT2D eigenvalue weighted by Gasteiger charge is -2.17. The van der Waals surface area contributed by atoms with Crippen molar-refractivity contribution in [3.05, 3.63) is 71.5 Å². The highest BCUT2D eigenvalue weighted by Gasteiger charge is 2.51. The van der Waals surface area contributed by atoms with E-state index >= 15 is 0 Å². The van der Waals surface area contributed by atoms with Gasteiger partial charge in [0.15, 0.2) is 11.5 Å². The maximum Gasteiger partial charge on any atom is 0.235 e. The SMILES string of the molecule is Cc1ccc(NC(=O)C2(c3ccc4c(c3)OCO4)CC2)cc1-c1cc(-c2nn[nH]n2)ccc1F.[HH]. The van der Waals surface area contributed by atoms with Gasteiger partial charge >= 0.3 is 0 Å². The number of hydrogen-bond acceptors (Lipinski definition) is 6. The first-order chi connectivity index (χ1) is 16.5. The molecule has 8 nitrogen and oxygen atoms in total. The van der Waals surface area contributed by atoms with Crippen LogP contribution in [0.2, 0.25) is 0 Å². The van der Waals surface area contributed by atoms with Gasteiger partial charge in [-0.3, -0.25) is 4.79 Å². The molecule has 172 valence electrons. The van der Waals surface area contributed by atoms with E-state index in [2.05, 4.69) is 25.9 Å². The molecule has 6 rings (SSSR count). The number of H-pyrrole nitrogens is 1. The fraction of sp³-hybridized carbons (Fsp3) is 0.200. The molecule has 0 radical (unpaired) electrons. The average molecular weight is 459 g/mol. The van der Waals surface area contributed by atoms with Gasteiger partial charge in [0.05, 0.1) is 5.41 Å². The zero-order valence-electron chi connectivity index (χ0n) is 18.3. The van der Waals surface area contributed by atoms with Crippen LogP contribution in [0.4, 0.5) is 10.1 Å². The third-order valence-electron chi connectivity index (χ3n) is 6.47. The average Bonchev–Trinajstić information content (AvgIpc) is 3.24. The Kier molecular flexibility index (Phi) is 4.58. The minimum absolute atomic E-state index is 0. The number of aromatic amines is 1. The van der Waals surface area contributed by atoms with Crippen LogP contribution in [-0.4, -0.2) is 33.3 Å². The van der Waals surface area contributed by atoms with Gasteiger partial charge in [0.2, 0.25) is 18.5 Å². The van der Waals surface area contributed by atoms with E-state index in [0.717, 1.165) is 24.0 Å². The number of aromatic nitrogens is 4. The molecule has 1 aliphatic heterocycles. The molecule has 34 heavy (non-hydrogen) atoms. The standard InChI is InChI=1S/C25H20FN5O3.H2/c1-14-2-5-17(12-18(14)19-10-15(3-6-20(19)26)23-28-30-31-29-23)27-24(32)25(8-9-25)16-4-7-21-22(11-16)34-13-33-21;/h2-7,10-12H,8-9,13H2,1H3,(H,27,32)(H,28,29,30,31);1H. The molecule has 0 spiro atoms. The summed E-state index contributed by atoms with van der Waals surface area (Å²) < 4.78 is 25.7. The molecular formula is C25H22FN5O3. The summed E-state index contributed by atoms with van der Waals surface area (Å²) in [5.74, 6) is 1.25. The minimum Gasteiger partial charge on any atom is -0.454 e. The lowest BCUT2D eigenvalue weighted by atomic mass is 9.94. The third-order valence-corrected chi connectivity index (χ3v) is 6.47. The van der Waals surface area contributed by atoms with Crippen LogP contribution < -0.4 is 14.8 Å². The quantitative estimate of drug-likeness (QED) is 0.451. The third kappa shape index (κ3) is 3.37. The molecule has 2 N–H and O–H groups in total. The number of carbonyl (C=O) groups excluding carboxylic acids is 1. The Bertz CT molecular complexity index is 1420. The Balaban J connectivity index is 0.00000253. The highest BCUT2D eigenvalue weighted by atomic mass is 19.1. The Morgan fingerprint density at radius 2 is 1.91 bits per heavy atom. The molecule has 1 aromatic heterocycles. The summed E-state index contributed by atoms with van der Waals surface area (Å²) in [4.78, 5) is 13.3. The predicted octanol–water partition coefficient (Wildman–Crippen LogP) is 4.63. The van der Waals surface area contributed by atoms with Crippen molar-refractivity contribution in [1.29, 1.82) is 0 Å². The Morgan fingerprint density at radius 1 is 1.06 bits per heavy atom. The topological polar surface area (TPSA) is 102 Å². The number of halogens is 1. The largest absolute Gasteiger partial charge is 0.454 e. The Hall–Kier alpha value is -4.27. The predicted molar refractivity (Wildman–Crippen MR) is 124 cm³/mol. The van der Waals surface area contributed by atoms with E-state index in [1.54, 1.807) is 18.2 Å². The number of nitrogens with one attached hydrogen (secondary N) is 2. The lowest BCUT2D eigenvalue weighted by Crippen LogP contribution is -2.27. The number of ether oxygens (including phenoxy) is 2. The summed E-state index contributed by atoms with van der Waals surface area (Å²) >= 11 is 0. The summed E-state index contributed by atoms with van der Waals surface area (Å²) in [7, 11) is 0. The van der Waals surface area contributed by atoms with Crippen LogP contribution in [-0.2, 0) is 10.2 Å². The van der Waals surface area contributed by atoms with Gasteiger partial charge in [-0.05, 0) is 84.1 Å². The molecule has 1 aliphatic carbocycles. The van der Waals surface area contributed by atoms with Crippen molar-refractivity contribution in [2.45, 2.75) is 25.2 Å². The normalized spacial score (nSPS) is 15.2. The van der Waals surface area contributed by atoms with Crippen molar-refractivity contribution in [3.63, 3.8) is 0 Å². The monoisotopic (exact) mass is 459 g/mol. The molecule has 2 aliphatic rings. The zero-order valence-corrected chi connectivity index (χ0v) is 18.3. The number of rotatable bonds is 5. The maximum absolute atomic E-state index is 14.8. The van der Waals surface area contributed by atoms with Crippen LogP contribution in [0.1, 0.15) is 25.4 Å². The number of benzene rings is 3. The van der Waals surface area contributed by atoms with Gasteiger partial charge < -0.3 is 14.8 Å². The van der Waals surface area contributed by atoms with Crippen molar-refractivity contribution in [3.8, 4) is 34.0 Å². The van der Waals surface area contributed by atoms with Gasteiger partial charge in [-0.15, -0.1) is 10.2 Å². The molecule has 9 heteroatoms. The minimum atomic E-state index is -0.601. The number of amides is 1. The number of nitrogens with zero attached hydrogens (tertiary/aromatic N) is 3. The number of hydrogen-bond donors (Lipinski definition) is 2. The fourth-order valence-electron chi connectivity index (χ4n) is 4.36. The highest BCUT2D eigenvalue weighted by molar-refractivity contribution is 6.02. The lowest BCUT2D eigenvalue weighted by molar-refractivity contribution is -0.118. The van der Waals surface area contributed by atoms with Crippen molar-refractivity contribution >= 4 is 11.6 Å². The van der Waals surface area contributed by atoms with Crippen molar-refractivity contribution in [2.75, 3.05) is 12.1 Å². The molecule has 1 amide bonds. The number of anilines is 1. The Labute approximate surface area is 195 Å². The van der Waals surface area contributed by atoms with Crippen LogP contribution >= 0.6 is 0 Å². The highest BCUT2D eigenvalue weighted by Crippen LogP contribution is 2.51. The van der Waals surface area contributed by atoms with E-state index < -0.39 is 5.41 Å². The van der Waals surface area contributed by atoms with E-state index in [0.29, 0.717) is 39.7 Å². The smallest absolute Gasteiger partial charge is 0.235 e. The van der Waals surface area contributed by atoms with Gasteiger partial charge in [-0.25, -0.2) is 4.39 Å². The second kappa shape index (κ2) is 7.65. The molecule has 2 heterocycles. The summed E-state index contributed by atoms with van der Waals surface area (Å²) in [5, 5.41) is 17.0. The van der Waals surface area contributed by atoms with Crippen LogP contribution in [0.5, 0.6) is 11.5 Å². The Morgan fingerprint density at radius 3 is 2.71 bits per heavy atom. The maximum atomic E-state index is 14.8. The first-order valence-corrected chi connectivity index (χ1v) is 10.9. The molecule has 1 saturated carbocycles. The summed E-state index contributed by atoms with van der Waals surface area (Å²) in [5.41, 5.74) is 3.48. The summed E-state index contributed by atoms with van der Waals surface area (Å²) in [6.07, 6.45) is 1.50. The second-order valence-corrected chi connectivity index (χ2v) is 8.56. The van der Waals surface area contributed by atoms with Gasteiger partial charge in [-0.2, -0.15) is 5.21 Å². The second-order valence-electron chi connectivity index (χ2n) is 8.56. The van der Waals surface area contributed by atoms with E-state index in [9.17, 15) is 9.18 Å². The van der Waals surface area contributed by atoms with Crippen LogP contribution in [0.25, 0.3) is 22.5 Å². The first kappa shape index (κ1) is 20.3. The van der Waals surface area contributed by atoms with E-state index in [4.69, 9.17) is 9.47 Å². The summed E-state index contributed by atoms with van der Waals surface area (Å²) in [6, 6.07) is 15.8. The zero-order chi connectivity index (χ0) is 23.3. The molecule has 0 unspecified atom stereocenters. The molecule has 4 aromatic rings. The van der Waals surface area contributed by atoms with E-state index in [1.165, 1.54) is 6.07 Å². The number of tetrazole rings is 1.